The van der Waals surface area contributed by atoms with Gasteiger partial charge in [0.05, 0.1) is 0 Å². The zero-order valence-electron chi connectivity index (χ0n) is 14.9. The molecule has 4 nitrogen and oxygen atoms in total. The predicted molar refractivity (Wildman–Crippen MR) is 65.8 cm³/mol. The summed E-state index contributed by atoms with van der Waals surface area (Å²) in [5.74, 6) is -1.75. The third kappa shape index (κ3) is 6.23. The van der Waals surface area contributed by atoms with E-state index >= 15 is 0 Å². The van der Waals surface area contributed by atoms with Crippen LogP contribution in [0.3, 0.4) is 0 Å². The maximum absolute atomic E-state index is 11.6. The molecule has 1 saturated carbocycles. The standard InChI is InChI=1S/C13H22O4.Li.Na.2H/c1-12(2,3)13(7-5-4-6-8-13)17-11(16)9-10(14)15;;;;/h4-9H2,1-3H3,(H,14,15);;;;/q;2*+1;2*-1. The molecule has 0 aromatic rings. The first-order chi connectivity index (χ1) is 7.77. The maximum Gasteiger partial charge on any atom is 1.00 e. The second-order valence-electron chi connectivity index (χ2n) is 5.85. The summed E-state index contributed by atoms with van der Waals surface area (Å²) < 4.78 is 5.53. The molecule has 0 aliphatic heterocycles. The van der Waals surface area contributed by atoms with E-state index in [9.17, 15) is 9.59 Å². The first kappa shape index (κ1) is 21.8. The van der Waals surface area contributed by atoms with E-state index in [0.29, 0.717) is 0 Å². The molecule has 0 aromatic carbocycles. The Hall–Kier alpha value is 0.537. The number of carboxylic acid groups (broad SMARTS) is 1. The molecule has 0 amide bonds. The Morgan fingerprint density at radius 2 is 1.68 bits per heavy atom. The number of carbonyl (C=O) groups excluding carboxylic acids is 1. The second-order valence-corrected chi connectivity index (χ2v) is 5.85. The van der Waals surface area contributed by atoms with Crippen molar-refractivity contribution in [2.24, 2.45) is 5.41 Å². The van der Waals surface area contributed by atoms with E-state index in [1.54, 1.807) is 0 Å². The predicted octanol–water partition coefficient (Wildman–Crippen LogP) is -3.01. The molecule has 1 aliphatic rings. The number of carboxylic acids is 1. The molecule has 102 valence electrons. The van der Waals surface area contributed by atoms with Gasteiger partial charge in [0.1, 0.15) is 12.0 Å². The van der Waals surface area contributed by atoms with E-state index in [1.165, 1.54) is 0 Å². The molecule has 1 fully saturated rings. The average Bonchev–Trinajstić information content (AvgIpc) is 2.15. The molecule has 0 saturated heterocycles. The summed E-state index contributed by atoms with van der Waals surface area (Å²) in [6.45, 7) is 6.14. The first-order valence-corrected chi connectivity index (χ1v) is 6.20. The topological polar surface area (TPSA) is 63.6 Å². The number of esters is 1. The molecular formula is C13H24LiNaO4. The van der Waals surface area contributed by atoms with Crippen molar-refractivity contribution in [3.8, 4) is 0 Å². The van der Waals surface area contributed by atoms with Gasteiger partial charge in [-0.25, -0.2) is 0 Å². The number of aliphatic carboxylic acids is 1. The summed E-state index contributed by atoms with van der Waals surface area (Å²) in [6.07, 6.45) is 4.37. The quantitative estimate of drug-likeness (QED) is 0.338. The number of carbonyl (C=O) groups is 2. The minimum absolute atomic E-state index is 0. The largest absolute Gasteiger partial charge is 1.00 e. The van der Waals surface area contributed by atoms with Crippen LogP contribution in [0.1, 0.15) is 62.1 Å². The maximum atomic E-state index is 11.6. The van der Waals surface area contributed by atoms with Crippen molar-refractivity contribution in [1.82, 2.24) is 0 Å². The Kier molecular flexibility index (Phi) is 10.0. The van der Waals surface area contributed by atoms with E-state index in [-0.39, 0.29) is 56.7 Å². The van der Waals surface area contributed by atoms with Crippen LogP contribution in [0.4, 0.5) is 0 Å². The summed E-state index contributed by atoms with van der Waals surface area (Å²) in [5.41, 5.74) is -0.640. The van der Waals surface area contributed by atoms with Gasteiger partial charge in [-0.15, -0.1) is 0 Å². The Morgan fingerprint density at radius 1 is 1.21 bits per heavy atom. The van der Waals surface area contributed by atoms with Crippen LogP contribution in [-0.4, -0.2) is 22.6 Å². The molecular weight excluding hydrogens is 250 g/mol. The molecule has 0 spiro atoms. The van der Waals surface area contributed by atoms with E-state index in [4.69, 9.17) is 9.84 Å². The van der Waals surface area contributed by atoms with Gasteiger partial charge in [0.25, 0.3) is 0 Å². The second kappa shape index (κ2) is 8.74. The molecule has 0 aromatic heterocycles. The van der Waals surface area contributed by atoms with E-state index in [0.717, 1.165) is 32.1 Å². The SMILES string of the molecule is CC(C)(C)C1(OC(=O)CC(=O)O)CCCCC1.[H-].[H-].[Li+].[Na+]. The van der Waals surface area contributed by atoms with Crippen LogP contribution in [-0.2, 0) is 14.3 Å². The van der Waals surface area contributed by atoms with Crippen LogP contribution in [0, 0.1) is 5.41 Å². The van der Waals surface area contributed by atoms with E-state index in [2.05, 4.69) is 0 Å². The molecule has 0 atom stereocenters. The fourth-order valence-corrected chi connectivity index (χ4v) is 2.51. The summed E-state index contributed by atoms with van der Waals surface area (Å²) >= 11 is 0. The zero-order chi connectivity index (χ0) is 13.1. The Bertz CT molecular complexity index is 316. The van der Waals surface area contributed by atoms with Crippen molar-refractivity contribution in [3.63, 3.8) is 0 Å². The van der Waals surface area contributed by atoms with Gasteiger partial charge < -0.3 is 12.7 Å². The van der Waals surface area contributed by atoms with Gasteiger partial charge in [-0.05, 0) is 25.7 Å². The third-order valence-corrected chi connectivity index (χ3v) is 3.63. The van der Waals surface area contributed by atoms with E-state index < -0.39 is 24.0 Å². The zero-order valence-corrected chi connectivity index (χ0v) is 14.9. The molecule has 0 bridgehead atoms. The molecule has 1 N–H and O–H groups in total. The Balaban J connectivity index is -0.000000361. The Labute approximate surface area is 152 Å². The van der Waals surface area contributed by atoms with E-state index in [1.807, 2.05) is 20.8 Å². The minimum Gasteiger partial charge on any atom is -1.00 e. The van der Waals surface area contributed by atoms with Crippen LogP contribution in [0.5, 0.6) is 0 Å². The van der Waals surface area contributed by atoms with Gasteiger partial charge in [0, 0.05) is 5.41 Å². The van der Waals surface area contributed by atoms with Crippen LogP contribution in [0.15, 0.2) is 0 Å². The normalized spacial score (nSPS) is 17.6. The number of ether oxygens (including phenoxy) is 1. The van der Waals surface area contributed by atoms with Gasteiger partial charge in [-0.1, -0.05) is 27.2 Å². The van der Waals surface area contributed by atoms with Gasteiger partial charge >= 0.3 is 60.4 Å². The first-order valence-electron chi connectivity index (χ1n) is 6.20. The van der Waals surface area contributed by atoms with Gasteiger partial charge in [-0.2, -0.15) is 0 Å². The number of hydrogen-bond acceptors (Lipinski definition) is 3. The van der Waals surface area contributed by atoms with Crippen LogP contribution in [0.25, 0.3) is 0 Å². The van der Waals surface area contributed by atoms with Gasteiger partial charge in [0.2, 0.25) is 0 Å². The van der Waals surface area contributed by atoms with Crippen LogP contribution >= 0.6 is 0 Å². The van der Waals surface area contributed by atoms with Crippen LogP contribution in [0.2, 0.25) is 0 Å². The summed E-state index contributed by atoms with van der Waals surface area (Å²) in [4.78, 5) is 22.1. The van der Waals surface area contributed by atoms with Gasteiger partial charge in [-0.3, -0.25) is 9.59 Å². The number of hydrogen-bond donors (Lipinski definition) is 1. The van der Waals surface area contributed by atoms with Crippen molar-refractivity contribution in [3.05, 3.63) is 0 Å². The molecule has 6 heteroatoms. The molecule has 0 unspecified atom stereocenters. The monoisotopic (exact) mass is 274 g/mol. The fraction of sp³-hybridized carbons (Fsp3) is 0.846. The van der Waals surface area contributed by atoms with Crippen molar-refractivity contribution in [2.45, 2.75) is 64.9 Å². The summed E-state index contributed by atoms with van der Waals surface area (Å²) in [5, 5.41) is 8.60. The van der Waals surface area contributed by atoms with Gasteiger partial charge in [0.15, 0.2) is 0 Å². The summed E-state index contributed by atoms with van der Waals surface area (Å²) in [6, 6.07) is 0. The van der Waals surface area contributed by atoms with Crippen molar-refractivity contribution >= 4 is 11.9 Å². The molecule has 0 radical (unpaired) electrons. The summed E-state index contributed by atoms with van der Waals surface area (Å²) in [7, 11) is 0. The smallest absolute Gasteiger partial charge is 1.00 e. The number of rotatable bonds is 3. The van der Waals surface area contributed by atoms with Crippen molar-refractivity contribution in [2.75, 3.05) is 0 Å². The molecule has 19 heavy (non-hydrogen) atoms. The average molecular weight is 274 g/mol. The minimum atomic E-state index is -1.13. The van der Waals surface area contributed by atoms with Crippen molar-refractivity contribution in [1.29, 1.82) is 0 Å². The molecule has 0 heterocycles. The Morgan fingerprint density at radius 3 is 2.05 bits per heavy atom. The van der Waals surface area contributed by atoms with Crippen LogP contribution < -0.4 is 48.4 Å². The fourth-order valence-electron chi connectivity index (χ4n) is 2.51. The molecule has 1 aliphatic carbocycles. The van der Waals surface area contributed by atoms with Crippen molar-refractivity contribution < 1.29 is 70.7 Å². The molecule has 1 rings (SSSR count). The third-order valence-electron chi connectivity index (χ3n) is 3.63.